The Morgan fingerprint density at radius 1 is 1.19 bits per heavy atom. The van der Waals surface area contributed by atoms with Crippen molar-refractivity contribution in [2.45, 2.75) is 0 Å². The number of carbonyl (C=O) groups excluding carboxylic acids is 2. The number of nitrogens with one attached hydrogen (secondary N) is 1. The fraction of sp³-hybridized carbons (Fsp3) is 0.308. The highest BCUT2D eigenvalue weighted by Gasteiger charge is 2.27. The van der Waals surface area contributed by atoms with Gasteiger partial charge in [0.25, 0.3) is 11.8 Å². The molecule has 0 spiro atoms. The number of carbonyl (C=O) groups is 2. The normalized spacial score (nSPS) is 15.3. The first-order chi connectivity index (χ1) is 10.2. The molecule has 0 saturated carbocycles. The van der Waals surface area contributed by atoms with Gasteiger partial charge < -0.3 is 14.2 Å². The fourth-order valence-electron chi connectivity index (χ4n) is 2.25. The summed E-state index contributed by atoms with van der Waals surface area (Å²) in [6, 6.07) is 3.32. The number of nitrogens with zero attached hydrogens (tertiary/aromatic N) is 3. The molecule has 3 rings (SSSR count). The number of piperazine rings is 1. The number of amides is 2. The first-order valence-electron chi connectivity index (χ1n) is 6.48. The second kappa shape index (κ2) is 5.72. The molecule has 7 nitrogen and oxygen atoms in total. The first kappa shape index (κ1) is 13.9. The third-order valence-corrected chi connectivity index (χ3v) is 3.99. The van der Waals surface area contributed by atoms with E-state index in [1.54, 1.807) is 28.1 Å². The van der Waals surface area contributed by atoms with Gasteiger partial charge >= 0.3 is 0 Å². The van der Waals surface area contributed by atoms with E-state index in [2.05, 4.69) is 26.1 Å². The van der Waals surface area contributed by atoms with Crippen LogP contribution in [0, 0.1) is 0 Å². The van der Waals surface area contributed by atoms with Gasteiger partial charge in [0, 0.05) is 26.2 Å². The van der Waals surface area contributed by atoms with Crippen LogP contribution in [0.1, 0.15) is 21.0 Å². The molecule has 1 aliphatic heterocycles. The van der Waals surface area contributed by atoms with Crippen molar-refractivity contribution < 1.29 is 14.0 Å². The van der Waals surface area contributed by atoms with Gasteiger partial charge in [-0.25, -0.2) is 0 Å². The van der Waals surface area contributed by atoms with Crippen molar-refractivity contribution in [2.75, 3.05) is 26.2 Å². The Bertz CT molecular complexity index is 644. The van der Waals surface area contributed by atoms with Crippen LogP contribution in [-0.4, -0.2) is 58.0 Å². The molecule has 21 heavy (non-hydrogen) atoms. The van der Waals surface area contributed by atoms with Gasteiger partial charge in [0.1, 0.15) is 5.69 Å². The predicted octanol–water partition coefficient (Wildman–Crippen LogP) is 1.36. The SMILES string of the molecule is O=C(c1ccco1)N1CCN(C(=O)c2[nH]ncc2Br)CC1. The molecule has 1 aliphatic rings. The average Bonchev–Trinajstić information content (AvgIpc) is 3.17. The zero-order chi connectivity index (χ0) is 14.8. The van der Waals surface area contributed by atoms with Crippen LogP contribution >= 0.6 is 15.9 Å². The Labute approximate surface area is 129 Å². The summed E-state index contributed by atoms with van der Waals surface area (Å²) >= 11 is 3.28. The maximum Gasteiger partial charge on any atom is 0.289 e. The van der Waals surface area contributed by atoms with Crippen molar-refractivity contribution in [1.29, 1.82) is 0 Å². The second-order valence-electron chi connectivity index (χ2n) is 4.65. The van der Waals surface area contributed by atoms with E-state index in [1.807, 2.05) is 0 Å². The van der Waals surface area contributed by atoms with Crippen LogP contribution in [0.4, 0.5) is 0 Å². The van der Waals surface area contributed by atoms with Crippen LogP contribution < -0.4 is 0 Å². The zero-order valence-electron chi connectivity index (χ0n) is 11.1. The maximum atomic E-state index is 12.3. The molecule has 110 valence electrons. The van der Waals surface area contributed by atoms with Gasteiger partial charge in [0.2, 0.25) is 0 Å². The predicted molar refractivity (Wildman–Crippen MR) is 76.8 cm³/mol. The molecule has 0 aliphatic carbocycles. The van der Waals surface area contributed by atoms with Crippen LogP contribution in [0.25, 0.3) is 0 Å². The maximum absolute atomic E-state index is 12.3. The molecule has 0 radical (unpaired) electrons. The third kappa shape index (κ3) is 2.71. The number of aromatic nitrogens is 2. The van der Waals surface area contributed by atoms with Crippen molar-refractivity contribution in [3.8, 4) is 0 Å². The molecule has 2 amide bonds. The summed E-state index contributed by atoms with van der Waals surface area (Å²) in [5.74, 6) is 0.0605. The average molecular weight is 353 g/mol. The van der Waals surface area contributed by atoms with E-state index in [0.29, 0.717) is 42.1 Å². The molecule has 0 bridgehead atoms. The minimum Gasteiger partial charge on any atom is -0.459 e. The Morgan fingerprint density at radius 3 is 2.38 bits per heavy atom. The van der Waals surface area contributed by atoms with Crippen molar-refractivity contribution in [3.05, 3.63) is 40.5 Å². The van der Waals surface area contributed by atoms with Gasteiger partial charge in [0.05, 0.1) is 16.9 Å². The first-order valence-corrected chi connectivity index (χ1v) is 7.27. The topological polar surface area (TPSA) is 82.4 Å². The van der Waals surface area contributed by atoms with Gasteiger partial charge in [-0.1, -0.05) is 0 Å². The number of H-pyrrole nitrogens is 1. The zero-order valence-corrected chi connectivity index (χ0v) is 12.7. The molecular weight excluding hydrogens is 340 g/mol. The lowest BCUT2D eigenvalue weighted by molar-refractivity contribution is 0.0514. The number of halogens is 1. The molecule has 2 aromatic rings. The van der Waals surface area contributed by atoms with Crippen LogP contribution in [0.15, 0.2) is 33.5 Å². The smallest absolute Gasteiger partial charge is 0.289 e. The molecule has 0 aromatic carbocycles. The number of hydrogen-bond donors (Lipinski definition) is 1. The lowest BCUT2D eigenvalue weighted by Gasteiger charge is -2.34. The Morgan fingerprint density at radius 2 is 1.86 bits per heavy atom. The number of rotatable bonds is 2. The minimum atomic E-state index is -0.144. The molecular formula is C13H13BrN4O3. The van der Waals surface area contributed by atoms with E-state index in [0.717, 1.165) is 0 Å². The van der Waals surface area contributed by atoms with Crippen molar-refractivity contribution >= 4 is 27.7 Å². The largest absolute Gasteiger partial charge is 0.459 e. The van der Waals surface area contributed by atoms with Gasteiger partial charge in [-0.15, -0.1) is 0 Å². The highest BCUT2D eigenvalue weighted by Crippen LogP contribution is 2.16. The van der Waals surface area contributed by atoms with Gasteiger partial charge in [-0.2, -0.15) is 5.10 Å². The summed E-state index contributed by atoms with van der Waals surface area (Å²) in [6.07, 6.45) is 3.02. The summed E-state index contributed by atoms with van der Waals surface area (Å²) in [7, 11) is 0. The summed E-state index contributed by atoms with van der Waals surface area (Å²) < 4.78 is 5.75. The third-order valence-electron chi connectivity index (χ3n) is 3.39. The van der Waals surface area contributed by atoms with E-state index in [-0.39, 0.29) is 11.8 Å². The Balaban J connectivity index is 1.62. The number of hydrogen-bond acceptors (Lipinski definition) is 4. The van der Waals surface area contributed by atoms with Crippen molar-refractivity contribution in [3.63, 3.8) is 0 Å². The molecule has 2 aromatic heterocycles. The summed E-state index contributed by atoms with van der Waals surface area (Å²) in [4.78, 5) is 27.8. The lowest BCUT2D eigenvalue weighted by atomic mass is 10.2. The summed E-state index contributed by atoms with van der Waals surface area (Å²) in [5.41, 5.74) is 0.431. The Kier molecular flexibility index (Phi) is 3.78. The molecule has 8 heteroatoms. The van der Waals surface area contributed by atoms with Crippen LogP contribution in [0.3, 0.4) is 0 Å². The summed E-state index contributed by atoms with van der Waals surface area (Å²) in [6.45, 7) is 1.93. The number of furan rings is 1. The van der Waals surface area contributed by atoms with E-state index in [4.69, 9.17) is 4.42 Å². The summed E-state index contributed by atoms with van der Waals surface area (Å²) in [5, 5.41) is 6.49. The van der Waals surface area contributed by atoms with Crippen LogP contribution in [-0.2, 0) is 0 Å². The monoisotopic (exact) mass is 352 g/mol. The second-order valence-corrected chi connectivity index (χ2v) is 5.51. The van der Waals surface area contributed by atoms with E-state index >= 15 is 0 Å². The van der Waals surface area contributed by atoms with E-state index in [9.17, 15) is 9.59 Å². The van der Waals surface area contributed by atoms with Crippen LogP contribution in [0.5, 0.6) is 0 Å². The van der Waals surface area contributed by atoms with Crippen molar-refractivity contribution in [2.24, 2.45) is 0 Å². The van der Waals surface area contributed by atoms with E-state index in [1.165, 1.54) is 6.26 Å². The molecule has 1 N–H and O–H groups in total. The standard InChI is InChI=1S/C13H13BrN4O3/c14-9-8-15-16-11(9)13(20)18-5-3-17(4-6-18)12(19)10-2-1-7-21-10/h1-2,7-8H,3-6H2,(H,15,16). The highest BCUT2D eigenvalue weighted by molar-refractivity contribution is 9.10. The van der Waals surface area contributed by atoms with Gasteiger partial charge in [-0.3, -0.25) is 14.7 Å². The van der Waals surface area contributed by atoms with Crippen LogP contribution in [0.2, 0.25) is 0 Å². The molecule has 1 fully saturated rings. The van der Waals surface area contributed by atoms with Crippen molar-refractivity contribution in [1.82, 2.24) is 20.0 Å². The van der Waals surface area contributed by atoms with Gasteiger partial charge in [-0.05, 0) is 28.1 Å². The van der Waals surface area contributed by atoms with Gasteiger partial charge in [0.15, 0.2) is 5.76 Å². The number of aromatic amines is 1. The molecule has 1 saturated heterocycles. The van der Waals surface area contributed by atoms with E-state index < -0.39 is 0 Å². The molecule has 0 atom stereocenters. The molecule has 0 unspecified atom stereocenters. The minimum absolute atomic E-state index is 0.121. The highest BCUT2D eigenvalue weighted by atomic mass is 79.9. The fourth-order valence-corrected chi connectivity index (χ4v) is 2.61. The quantitative estimate of drug-likeness (QED) is 0.884. The Hall–Kier alpha value is -2.09. The molecule has 3 heterocycles. The lowest BCUT2D eigenvalue weighted by Crippen LogP contribution is -2.50.